The molecular formula is C5H13Br2O6P. The number of aliphatic hydroxyl groups is 2. The van der Waals surface area contributed by atoms with E-state index in [1.807, 2.05) is 0 Å². The van der Waals surface area contributed by atoms with Gasteiger partial charge in [-0.05, 0) is 0 Å². The zero-order chi connectivity index (χ0) is 12.2. The van der Waals surface area contributed by atoms with E-state index < -0.39 is 23.3 Å². The van der Waals surface area contributed by atoms with Gasteiger partial charge in [0.1, 0.15) is 10.0 Å². The number of phosphoric acid groups is 1. The average Bonchev–Trinajstić information content (AvgIpc) is 1.82. The summed E-state index contributed by atoms with van der Waals surface area (Å²) in [7, 11) is -4.64. The van der Waals surface area contributed by atoms with E-state index in [1.54, 1.807) is 13.8 Å². The lowest BCUT2D eigenvalue weighted by molar-refractivity contribution is 0.0510. The lowest BCUT2D eigenvalue weighted by Crippen LogP contribution is -2.33. The molecule has 0 fully saturated rings. The van der Waals surface area contributed by atoms with Gasteiger partial charge < -0.3 is 24.9 Å². The van der Waals surface area contributed by atoms with Gasteiger partial charge in [-0.3, -0.25) is 0 Å². The highest BCUT2D eigenvalue weighted by Gasteiger charge is 2.31. The minimum atomic E-state index is -4.64. The Bertz CT molecular complexity index is 182. The summed E-state index contributed by atoms with van der Waals surface area (Å²) in [6.07, 6.45) is 0. The molecule has 0 spiro atoms. The summed E-state index contributed by atoms with van der Waals surface area (Å²) in [6, 6.07) is 0. The van der Waals surface area contributed by atoms with E-state index in [0.717, 1.165) is 0 Å². The number of rotatable bonds is 2. The van der Waals surface area contributed by atoms with Gasteiger partial charge in [0, 0.05) is 5.41 Å². The fraction of sp³-hybridized carbons (Fsp3) is 1.00. The molecule has 2 atom stereocenters. The minimum Gasteiger partial charge on any atom is -0.381 e. The maximum atomic E-state index is 8.98. The summed E-state index contributed by atoms with van der Waals surface area (Å²) in [5.41, 5.74) is -0.556. The van der Waals surface area contributed by atoms with Crippen molar-refractivity contribution < 1.29 is 29.5 Å². The molecule has 9 heteroatoms. The Morgan fingerprint density at radius 2 is 1.21 bits per heavy atom. The SMILES string of the molecule is CC(C)(C(O)Br)C(O)Br.O=P(O)(O)O. The number of hydrogen-bond donors (Lipinski definition) is 5. The Kier molecular flexibility index (Phi) is 8.13. The molecule has 0 radical (unpaired) electrons. The van der Waals surface area contributed by atoms with Crippen LogP contribution in [0.5, 0.6) is 0 Å². The molecule has 0 aliphatic rings. The molecule has 0 bridgehead atoms. The zero-order valence-corrected chi connectivity index (χ0v) is 11.6. The molecule has 0 rings (SSSR count). The molecule has 0 amide bonds. The Hall–Kier alpha value is 0.990. The summed E-state index contributed by atoms with van der Waals surface area (Å²) in [5, 5.41) is 16.6. The van der Waals surface area contributed by atoms with Gasteiger partial charge in [0.15, 0.2) is 0 Å². The van der Waals surface area contributed by atoms with Crippen LogP contribution >= 0.6 is 39.7 Å². The predicted molar refractivity (Wildman–Crippen MR) is 57.9 cm³/mol. The van der Waals surface area contributed by atoms with Crippen molar-refractivity contribution in [3.8, 4) is 0 Å². The van der Waals surface area contributed by atoms with Crippen LogP contribution < -0.4 is 0 Å². The van der Waals surface area contributed by atoms with Crippen LogP contribution in [0.1, 0.15) is 13.8 Å². The van der Waals surface area contributed by atoms with Crippen molar-refractivity contribution in [2.24, 2.45) is 5.41 Å². The van der Waals surface area contributed by atoms with Crippen LogP contribution in [0.15, 0.2) is 0 Å². The predicted octanol–water partition coefficient (Wildman–Crippen LogP) is 0.511. The zero-order valence-electron chi connectivity index (χ0n) is 7.50. The first-order valence-corrected chi connectivity index (χ1v) is 6.71. The second kappa shape index (κ2) is 6.55. The Morgan fingerprint density at radius 3 is 1.21 bits per heavy atom. The third-order valence-electron chi connectivity index (χ3n) is 1.23. The van der Waals surface area contributed by atoms with E-state index in [1.165, 1.54) is 0 Å². The molecule has 88 valence electrons. The van der Waals surface area contributed by atoms with E-state index >= 15 is 0 Å². The quantitative estimate of drug-likeness (QED) is 0.362. The average molecular weight is 360 g/mol. The highest BCUT2D eigenvalue weighted by Crippen LogP contribution is 2.31. The standard InChI is InChI=1S/C5H10Br2O2.H3O4P/c1-5(2,3(6)8)4(7)9;1-5(2,3)4/h3-4,8-9H,1-2H3;(H3,1,2,3,4). The monoisotopic (exact) mass is 358 g/mol. The first kappa shape index (κ1) is 17.4. The van der Waals surface area contributed by atoms with Crippen molar-refractivity contribution in [1.82, 2.24) is 0 Å². The molecule has 0 saturated heterocycles. The van der Waals surface area contributed by atoms with Crippen LogP contribution in [0.25, 0.3) is 0 Å². The van der Waals surface area contributed by atoms with Crippen LogP contribution in [0.3, 0.4) is 0 Å². The van der Waals surface area contributed by atoms with Gasteiger partial charge in [-0.15, -0.1) is 0 Å². The fourth-order valence-electron chi connectivity index (χ4n) is 0.113. The third kappa shape index (κ3) is 11.1. The number of aliphatic hydroxyl groups excluding tert-OH is 2. The van der Waals surface area contributed by atoms with Gasteiger partial charge in [-0.2, -0.15) is 0 Å². The van der Waals surface area contributed by atoms with Crippen LogP contribution in [0.2, 0.25) is 0 Å². The third-order valence-corrected chi connectivity index (χ3v) is 3.59. The number of hydrogen-bond acceptors (Lipinski definition) is 3. The smallest absolute Gasteiger partial charge is 0.381 e. The van der Waals surface area contributed by atoms with Crippen molar-refractivity contribution in [1.29, 1.82) is 0 Å². The topological polar surface area (TPSA) is 118 Å². The Morgan fingerprint density at radius 1 is 1.07 bits per heavy atom. The molecular weight excluding hydrogens is 347 g/mol. The molecule has 0 aromatic rings. The molecule has 2 unspecified atom stereocenters. The molecule has 0 aliphatic carbocycles. The molecule has 0 aliphatic heterocycles. The van der Waals surface area contributed by atoms with Crippen LogP contribution in [0.4, 0.5) is 0 Å². The first-order chi connectivity index (χ1) is 5.89. The van der Waals surface area contributed by atoms with Crippen LogP contribution in [-0.2, 0) is 4.57 Å². The molecule has 0 heterocycles. The summed E-state index contributed by atoms with van der Waals surface area (Å²) >= 11 is 5.92. The van der Waals surface area contributed by atoms with Gasteiger partial charge >= 0.3 is 7.82 Å². The maximum Gasteiger partial charge on any atom is 0.466 e. The normalized spacial score (nSPS) is 16.6. The van der Waals surface area contributed by atoms with E-state index in [-0.39, 0.29) is 0 Å². The Balaban J connectivity index is 0. The largest absolute Gasteiger partial charge is 0.466 e. The van der Waals surface area contributed by atoms with Crippen LogP contribution in [0, 0.1) is 5.41 Å². The van der Waals surface area contributed by atoms with Crippen molar-refractivity contribution in [2.75, 3.05) is 0 Å². The molecule has 0 aromatic heterocycles. The van der Waals surface area contributed by atoms with E-state index in [9.17, 15) is 0 Å². The molecule has 0 saturated carbocycles. The lowest BCUT2D eigenvalue weighted by Gasteiger charge is -2.28. The number of alkyl halides is 2. The summed E-state index contributed by atoms with van der Waals surface area (Å²) < 4.78 is 8.88. The highest BCUT2D eigenvalue weighted by atomic mass is 79.9. The molecule has 0 aromatic carbocycles. The van der Waals surface area contributed by atoms with Gasteiger partial charge in [0.2, 0.25) is 0 Å². The van der Waals surface area contributed by atoms with Crippen LogP contribution in [-0.4, -0.2) is 34.9 Å². The molecule has 14 heavy (non-hydrogen) atoms. The lowest BCUT2D eigenvalue weighted by atomic mass is 9.96. The molecule has 5 N–H and O–H groups in total. The highest BCUT2D eigenvalue weighted by molar-refractivity contribution is 9.10. The second-order valence-electron chi connectivity index (χ2n) is 3.01. The maximum absolute atomic E-state index is 8.98. The minimum absolute atomic E-state index is 0.556. The summed E-state index contributed by atoms with van der Waals surface area (Å²) in [6.45, 7) is 3.48. The Labute approximate surface area is 98.5 Å². The van der Waals surface area contributed by atoms with Gasteiger partial charge in [-0.1, -0.05) is 45.7 Å². The fourth-order valence-corrected chi connectivity index (χ4v) is 0.969. The van der Waals surface area contributed by atoms with E-state index in [4.69, 9.17) is 29.5 Å². The summed E-state index contributed by atoms with van der Waals surface area (Å²) in [4.78, 5) is 21.6. The van der Waals surface area contributed by atoms with Gasteiger partial charge in [0.25, 0.3) is 0 Å². The van der Waals surface area contributed by atoms with Gasteiger partial charge in [-0.25, -0.2) is 4.57 Å². The van der Waals surface area contributed by atoms with Crippen molar-refractivity contribution in [2.45, 2.75) is 23.9 Å². The van der Waals surface area contributed by atoms with Crippen molar-refractivity contribution in [3.05, 3.63) is 0 Å². The first-order valence-electron chi connectivity index (χ1n) is 3.31. The summed E-state index contributed by atoms with van der Waals surface area (Å²) in [5.74, 6) is 0. The second-order valence-corrected chi connectivity index (χ2v) is 5.77. The van der Waals surface area contributed by atoms with Crippen molar-refractivity contribution >= 4 is 39.7 Å². The van der Waals surface area contributed by atoms with E-state index in [0.29, 0.717) is 0 Å². The molecule has 6 nitrogen and oxygen atoms in total. The van der Waals surface area contributed by atoms with Crippen molar-refractivity contribution in [3.63, 3.8) is 0 Å². The van der Waals surface area contributed by atoms with Gasteiger partial charge in [0.05, 0.1) is 0 Å². The number of halogens is 2. The van der Waals surface area contributed by atoms with E-state index in [2.05, 4.69) is 31.9 Å².